The lowest BCUT2D eigenvalue weighted by molar-refractivity contribution is 0.420. The minimum absolute atomic E-state index is 0.0657. The molecule has 0 fully saturated rings. The lowest BCUT2D eigenvalue weighted by Gasteiger charge is -2.19. The molecule has 0 bridgehead atoms. The zero-order valence-electron chi connectivity index (χ0n) is 11.9. The van der Waals surface area contributed by atoms with Crippen LogP contribution in [0.4, 0.5) is 4.39 Å². The van der Waals surface area contributed by atoms with Crippen molar-refractivity contribution in [2.75, 3.05) is 0 Å². The van der Waals surface area contributed by atoms with Gasteiger partial charge in [0.05, 0.1) is 11.4 Å². The zero-order chi connectivity index (χ0) is 14.0. The number of aryl methyl sites for hydroxylation is 1. The average Bonchev–Trinajstić information content (AvgIpc) is 2.78. The Balaban J connectivity index is 2.14. The van der Waals surface area contributed by atoms with E-state index >= 15 is 0 Å². The molecular weight excluding hydrogens is 241 g/mol. The summed E-state index contributed by atoms with van der Waals surface area (Å²) in [5.41, 5.74) is 2.54. The van der Waals surface area contributed by atoms with E-state index < -0.39 is 0 Å². The highest BCUT2D eigenvalue weighted by molar-refractivity contribution is 5.35. The van der Waals surface area contributed by atoms with E-state index in [9.17, 15) is 4.39 Å². The van der Waals surface area contributed by atoms with Gasteiger partial charge in [-0.25, -0.2) is 9.07 Å². The molecule has 1 aromatic heterocycles. The summed E-state index contributed by atoms with van der Waals surface area (Å²) in [6.45, 7) is 8.83. The molecule has 19 heavy (non-hydrogen) atoms. The molecule has 1 aromatic carbocycles. The van der Waals surface area contributed by atoms with Crippen LogP contribution in [-0.4, -0.2) is 15.3 Å². The van der Waals surface area contributed by atoms with E-state index in [1.807, 2.05) is 12.3 Å². The van der Waals surface area contributed by atoms with Gasteiger partial charge in [0.2, 0.25) is 0 Å². The molecule has 1 N–H and O–H groups in total. The van der Waals surface area contributed by atoms with Gasteiger partial charge in [0.15, 0.2) is 0 Å². The molecule has 0 aliphatic heterocycles. The van der Waals surface area contributed by atoms with Crippen LogP contribution in [0.1, 0.15) is 32.0 Å². The number of hydrogen-bond acceptors (Lipinski definition) is 2. The van der Waals surface area contributed by atoms with Crippen molar-refractivity contribution in [1.29, 1.82) is 0 Å². The number of benzene rings is 1. The summed E-state index contributed by atoms with van der Waals surface area (Å²) in [6.07, 6.45) is 1.90. The second-order valence-corrected chi connectivity index (χ2v) is 5.79. The molecular formula is C15H20FN3. The van der Waals surface area contributed by atoms with E-state index in [4.69, 9.17) is 0 Å². The first kappa shape index (κ1) is 13.7. The van der Waals surface area contributed by atoms with E-state index in [1.54, 1.807) is 23.7 Å². The minimum Gasteiger partial charge on any atom is -0.306 e. The molecule has 0 saturated carbocycles. The summed E-state index contributed by atoms with van der Waals surface area (Å²) in [6, 6.07) is 6.97. The molecule has 1 heterocycles. The van der Waals surface area contributed by atoms with Gasteiger partial charge >= 0.3 is 0 Å². The standard InChI is InChI=1S/C15H20FN3/c1-11-9-13(5-6-14(11)16)19-8-7-12(18-19)10-17-15(2,3)4/h5-9,17H,10H2,1-4H3. The van der Waals surface area contributed by atoms with Gasteiger partial charge in [0, 0.05) is 18.3 Å². The van der Waals surface area contributed by atoms with Gasteiger partial charge in [-0.3, -0.25) is 0 Å². The van der Waals surface area contributed by atoms with Crippen molar-refractivity contribution in [2.45, 2.75) is 39.8 Å². The monoisotopic (exact) mass is 261 g/mol. The van der Waals surface area contributed by atoms with Gasteiger partial charge in [-0.1, -0.05) is 0 Å². The third-order valence-corrected chi connectivity index (χ3v) is 2.85. The maximum absolute atomic E-state index is 13.2. The van der Waals surface area contributed by atoms with Crippen LogP contribution < -0.4 is 5.32 Å². The highest BCUT2D eigenvalue weighted by Gasteiger charge is 2.10. The van der Waals surface area contributed by atoms with E-state index in [-0.39, 0.29) is 11.4 Å². The highest BCUT2D eigenvalue weighted by atomic mass is 19.1. The van der Waals surface area contributed by atoms with Crippen molar-refractivity contribution >= 4 is 0 Å². The van der Waals surface area contributed by atoms with Crippen molar-refractivity contribution in [2.24, 2.45) is 0 Å². The second-order valence-electron chi connectivity index (χ2n) is 5.79. The Bertz CT molecular complexity index is 567. The van der Waals surface area contributed by atoms with Gasteiger partial charge in [-0.05, 0) is 57.5 Å². The Morgan fingerprint density at radius 3 is 2.63 bits per heavy atom. The number of hydrogen-bond donors (Lipinski definition) is 1. The van der Waals surface area contributed by atoms with E-state index in [2.05, 4.69) is 31.2 Å². The second kappa shape index (κ2) is 5.13. The molecule has 2 aromatic rings. The van der Waals surface area contributed by atoms with Gasteiger partial charge in [0.1, 0.15) is 5.82 Å². The first-order valence-corrected chi connectivity index (χ1v) is 6.41. The molecule has 0 aliphatic carbocycles. The SMILES string of the molecule is Cc1cc(-n2ccc(CNC(C)(C)C)n2)ccc1F. The van der Waals surface area contributed by atoms with Gasteiger partial charge in [-0.15, -0.1) is 0 Å². The van der Waals surface area contributed by atoms with Gasteiger partial charge in [0.25, 0.3) is 0 Å². The van der Waals surface area contributed by atoms with Crippen LogP contribution in [0.2, 0.25) is 0 Å². The van der Waals surface area contributed by atoms with Crippen molar-refractivity contribution < 1.29 is 4.39 Å². The molecule has 0 saturated heterocycles. The third-order valence-electron chi connectivity index (χ3n) is 2.85. The van der Waals surface area contributed by atoms with Crippen LogP contribution in [0, 0.1) is 12.7 Å². The molecule has 2 rings (SSSR count). The lowest BCUT2D eigenvalue weighted by atomic mass is 10.1. The quantitative estimate of drug-likeness (QED) is 0.919. The summed E-state index contributed by atoms with van der Waals surface area (Å²) in [5, 5.41) is 7.87. The van der Waals surface area contributed by atoms with Crippen molar-refractivity contribution in [3.63, 3.8) is 0 Å². The predicted molar refractivity (Wildman–Crippen MR) is 74.9 cm³/mol. The molecule has 0 amide bonds. The van der Waals surface area contributed by atoms with Crippen LogP contribution in [-0.2, 0) is 6.54 Å². The van der Waals surface area contributed by atoms with Crippen LogP contribution in [0.3, 0.4) is 0 Å². The summed E-state index contributed by atoms with van der Waals surface area (Å²) in [7, 11) is 0. The van der Waals surface area contributed by atoms with Crippen molar-refractivity contribution in [3.05, 3.63) is 47.5 Å². The fourth-order valence-electron chi connectivity index (χ4n) is 1.73. The van der Waals surface area contributed by atoms with Crippen molar-refractivity contribution in [3.8, 4) is 5.69 Å². The van der Waals surface area contributed by atoms with Crippen LogP contribution in [0.25, 0.3) is 5.69 Å². The summed E-state index contributed by atoms with van der Waals surface area (Å²) < 4.78 is 15.0. The number of rotatable bonds is 3. The fourth-order valence-corrected chi connectivity index (χ4v) is 1.73. The van der Waals surface area contributed by atoms with Gasteiger partial charge in [-0.2, -0.15) is 5.10 Å². The minimum atomic E-state index is -0.189. The number of nitrogens with zero attached hydrogens (tertiary/aromatic N) is 2. The molecule has 0 radical (unpaired) electrons. The first-order chi connectivity index (χ1) is 8.85. The van der Waals surface area contributed by atoms with E-state index in [0.717, 1.165) is 17.9 Å². The molecule has 0 spiro atoms. The molecule has 4 heteroatoms. The fraction of sp³-hybridized carbons (Fsp3) is 0.400. The smallest absolute Gasteiger partial charge is 0.126 e. The maximum Gasteiger partial charge on any atom is 0.126 e. The van der Waals surface area contributed by atoms with Crippen LogP contribution in [0.5, 0.6) is 0 Å². The molecule has 0 atom stereocenters. The Morgan fingerprint density at radius 1 is 1.26 bits per heavy atom. The number of nitrogens with one attached hydrogen (secondary N) is 1. The van der Waals surface area contributed by atoms with E-state index in [1.165, 1.54) is 6.07 Å². The Labute approximate surface area is 113 Å². The summed E-state index contributed by atoms with van der Waals surface area (Å²) >= 11 is 0. The van der Waals surface area contributed by atoms with Crippen LogP contribution in [0.15, 0.2) is 30.5 Å². The molecule has 0 unspecified atom stereocenters. The largest absolute Gasteiger partial charge is 0.306 e. The predicted octanol–water partition coefficient (Wildman–Crippen LogP) is 3.21. The molecule has 102 valence electrons. The summed E-state index contributed by atoms with van der Waals surface area (Å²) in [5.74, 6) is -0.189. The Morgan fingerprint density at radius 2 is 2.00 bits per heavy atom. The summed E-state index contributed by atoms with van der Waals surface area (Å²) in [4.78, 5) is 0. The highest BCUT2D eigenvalue weighted by Crippen LogP contribution is 2.13. The maximum atomic E-state index is 13.2. The topological polar surface area (TPSA) is 29.9 Å². The Kier molecular flexibility index (Phi) is 3.71. The average molecular weight is 261 g/mol. The van der Waals surface area contributed by atoms with Crippen LogP contribution >= 0.6 is 0 Å². The normalized spacial score (nSPS) is 11.8. The Hall–Kier alpha value is -1.68. The lowest BCUT2D eigenvalue weighted by Crippen LogP contribution is -2.35. The molecule has 0 aliphatic rings. The molecule has 3 nitrogen and oxygen atoms in total. The zero-order valence-corrected chi connectivity index (χ0v) is 11.9. The van der Waals surface area contributed by atoms with Crippen molar-refractivity contribution in [1.82, 2.24) is 15.1 Å². The van der Waals surface area contributed by atoms with E-state index in [0.29, 0.717) is 5.56 Å². The first-order valence-electron chi connectivity index (χ1n) is 6.41. The number of halogens is 1. The number of aromatic nitrogens is 2. The third kappa shape index (κ3) is 3.64. The van der Waals surface area contributed by atoms with Gasteiger partial charge < -0.3 is 5.32 Å².